The van der Waals surface area contributed by atoms with Crippen LogP contribution in [-0.2, 0) is 23.9 Å². The Bertz CT molecular complexity index is 944. The highest BCUT2D eigenvalue weighted by Gasteiger charge is 2.18. The van der Waals surface area contributed by atoms with Crippen LogP contribution in [0.4, 0.5) is 11.5 Å². The number of para-hydroxylation sites is 1. The molecule has 1 atom stereocenters. The fourth-order valence-electron chi connectivity index (χ4n) is 2.27. The van der Waals surface area contributed by atoms with E-state index in [0.717, 1.165) is 11.8 Å². The van der Waals surface area contributed by atoms with E-state index in [0.29, 0.717) is 5.76 Å². The topological polar surface area (TPSA) is 137 Å². The number of esters is 2. The van der Waals surface area contributed by atoms with Gasteiger partial charge in [-0.15, -0.1) is 11.8 Å². The zero-order chi connectivity index (χ0) is 22.8. The molecular formula is C20H23N3O7S. The number of aryl methyl sites for hydroxylation is 1. The summed E-state index contributed by atoms with van der Waals surface area (Å²) >= 11 is 1.05. The fourth-order valence-corrected chi connectivity index (χ4v) is 2.95. The number of thioether (sulfide) groups is 1. The first kappa shape index (κ1) is 23.9. The van der Waals surface area contributed by atoms with Crippen LogP contribution in [-0.4, -0.2) is 53.1 Å². The summed E-state index contributed by atoms with van der Waals surface area (Å²) in [6, 6.07) is 7.91. The molecule has 1 aromatic carbocycles. The monoisotopic (exact) mass is 449 g/mol. The number of hydrogen-bond acceptors (Lipinski definition) is 9. The molecule has 0 bridgehead atoms. The van der Waals surface area contributed by atoms with Crippen LogP contribution in [0, 0.1) is 6.92 Å². The molecule has 0 aliphatic heterocycles. The summed E-state index contributed by atoms with van der Waals surface area (Å²) in [5.74, 6) is -1.46. The number of amides is 2. The van der Waals surface area contributed by atoms with E-state index in [-0.39, 0.29) is 35.3 Å². The molecule has 0 saturated carbocycles. The molecule has 11 heteroatoms. The van der Waals surface area contributed by atoms with Crippen LogP contribution < -0.4 is 10.6 Å². The first-order valence-corrected chi connectivity index (χ1v) is 10.4. The number of ether oxygens (including phenoxy) is 2. The molecule has 2 aromatic rings. The Hall–Kier alpha value is -3.34. The predicted molar refractivity (Wildman–Crippen MR) is 114 cm³/mol. The number of carbonyl (C=O) groups excluding carboxylic acids is 4. The molecule has 0 unspecified atom stereocenters. The molecule has 2 N–H and O–H groups in total. The highest BCUT2D eigenvalue weighted by atomic mass is 32.2. The van der Waals surface area contributed by atoms with Gasteiger partial charge in [-0.1, -0.05) is 17.3 Å². The SMILES string of the molecule is CCOC(=O)c1ccccc1NC(=O)COC(=O)CS[C@@H](C)C(=O)Nc1cc(C)on1. The second-order valence-corrected chi connectivity index (χ2v) is 7.57. The molecule has 2 rings (SSSR count). The molecule has 0 spiro atoms. The maximum absolute atomic E-state index is 12.1. The van der Waals surface area contributed by atoms with Gasteiger partial charge in [0.2, 0.25) is 5.91 Å². The van der Waals surface area contributed by atoms with Gasteiger partial charge in [-0.2, -0.15) is 0 Å². The standard InChI is InChI=1S/C20H23N3O7S/c1-4-28-20(27)14-7-5-6-8-15(14)21-17(24)10-29-18(25)11-31-13(3)19(26)22-16-9-12(2)30-23-16/h5-9,13H,4,10-11H2,1-3H3,(H,21,24)(H,22,23,26)/t13-/m0/s1. The quantitative estimate of drug-likeness (QED) is 0.524. The summed E-state index contributed by atoms with van der Waals surface area (Å²) in [4.78, 5) is 48.0. The second-order valence-electron chi connectivity index (χ2n) is 6.24. The zero-order valence-corrected chi connectivity index (χ0v) is 18.1. The van der Waals surface area contributed by atoms with Gasteiger partial charge in [0.25, 0.3) is 5.91 Å². The minimum absolute atomic E-state index is 0.126. The van der Waals surface area contributed by atoms with Gasteiger partial charge in [0.15, 0.2) is 12.4 Å². The van der Waals surface area contributed by atoms with Crippen molar-refractivity contribution in [2.45, 2.75) is 26.0 Å². The summed E-state index contributed by atoms with van der Waals surface area (Å²) < 4.78 is 14.7. The minimum Gasteiger partial charge on any atom is -0.462 e. The maximum atomic E-state index is 12.1. The first-order chi connectivity index (χ1) is 14.8. The minimum atomic E-state index is -0.657. The molecule has 0 fully saturated rings. The number of benzene rings is 1. The van der Waals surface area contributed by atoms with Crippen molar-refractivity contribution in [2.75, 3.05) is 29.6 Å². The Labute approximate surface area is 183 Å². The van der Waals surface area contributed by atoms with Crippen molar-refractivity contribution in [3.8, 4) is 0 Å². The van der Waals surface area contributed by atoms with Crippen molar-refractivity contribution in [2.24, 2.45) is 0 Å². The fraction of sp³-hybridized carbons (Fsp3) is 0.350. The third-order valence-electron chi connectivity index (χ3n) is 3.76. The van der Waals surface area contributed by atoms with Gasteiger partial charge in [0.1, 0.15) is 5.76 Å². The summed E-state index contributed by atoms with van der Waals surface area (Å²) in [6.45, 7) is 4.67. The number of nitrogens with one attached hydrogen (secondary N) is 2. The van der Waals surface area contributed by atoms with Crippen LogP contribution in [0.1, 0.15) is 30.0 Å². The summed E-state index contributed by atoms with van der Waals surface area (Å²) in [5.41, 5.74) is 0.450. The lowest BCUT2D eigenvalue weighted by molar-refractivity contribution is -0.144. The molecule has 31 heavy (non-hydrogen) atoms. The van der Waals surface area contributed by atoms with E-state index in [1.165, 1.54) is 6.07 Å². The summed E-state index contributed by atoms with van der Waals surface area (Å²) in [5, 5.41) is 8.18. The van der Waals surface area contributed by atoms with E-state index < -0.39 is 29.7 Å². The zero-order valence-electron chi connectivity index (χ0n) is 17.3. The number of aromatic nitrogens is 1. The number of anilines is 2. The first-order valence-electron chi connectivity index (χ1n) is 9.37. The molecule has 0 aliphatic carbocycles. The van der Waals surface area contributed by atoms with Gasteiger partial charge in [0, 0.05) is 6.07 Å². The van der Waals surface area contributed by atoms with Gasteiger partial charge in [0.05, 0.1) is 28.9 Å². The molecule has 166 valence electrons. The van der Waals surface area contributed by atoms with Crippen molar-refractivity contribution in [1.82, 2.24) is 5.16 Å². The second kappa shape index (κ2) is 11.7. The predicted octanol–water partition coefficient (Wildman–Crippen LogP) is 2.40. The Morgan fingerprint density at radius 3 is 2.58 bits per heavy atom. The molecule has 0 aliphatic rings. The van der Waals surface area contributed by atoms with Gasteiger partial charge in [-0.3, -0.25) is 14.4 Å². The molecule has 10 nitrogen and oxygen atoms in total. The van der Waals surface area contributed by atoms with Crippen molar-refractivity contribution < 1.29 is 33.2 Å². The van der Waals surface area contributed by atoms with Crippen LogP contribution in [0.2, 0.25) is 0 Å². The third kappa shape index (κ3) is 7.78. The summed E-state index contributed by atoms with van der Waals surface area (Å²) in [6.07, 6.45) is 0. The van der Waals surface area contributed by atoms with E-state index in [1.54, 1.807) is 45.0 Å². The third-order valence-corrected chi connectivity index (χ3v) is 4.88. The van der Waals surface area contributed by atoms with Gasteiger partial charge in [-0.05, 0) is 32.9 Å². The van der Waals surface area contributed by atoms with E-state index in [2.05, 4.69) is 15.8 Å². The normalized spacial score (nSPS) is 11.3. The van der Waals surface area contributed by atoms with Crippen LogP contribution in [0.5, 0.6) is 0 Å². The number of rotatable bonds is 10. The van der Waals surface area contributed by atoms with Crippen LogP contribution >= 0.6 is 11.8 Å². The van der Waals surface area contributed by atoms with E-state index in [9.17, 15) is 19.2 Å². The summed E-state index contributed by atoms with van der Waals surface area (Å²) in [7, 11) is 0. The lowest BCUT2D eigenvalue weighted by atomic mass is 10.2. The van der Waals surface area contributed by atoms with Crippen molar-refractivity contribution >= 4 is 47.0 Å². The van der Waals surface area contributed by atoms with Gasteiger partial charge < -0.3 is 24.6 Å². The van der Waals surface area contributed by atoms with Crippen LogP contribution in [0.25, 0.3) is 0 Å². The Morgan fingerprint density at radius 1 is 1.16 bits per heavy atom. The van der Waals surface area contributed by atoms with Crippen LogP contribution in [0.15, 0.2) is 34.9 Å². The van der Waals surface area contributed by atoms with Gasteiger partial charge in [-0.25, -0.2) is 4.79 Å². The van der Waals surface area contributed by atoms with E-state index in [4.69, 9.17) is 14.0 Å². The van der Waals surface area contributed by atoms with Crippen molar-refractivity contribution in [3.05, 3.63) is 41.7 Å². The Morgan fingerprint density at radius 2 is 1.90 bits per heavy atom. The molecule has 2 amide bonds. The number of hydrogen-bond donors (Lipinski definition) is 2. The lowest BCUT2D eigenvalue weighted by Crippen LogP contribution is -2.26. The average Bonchev–Trinajstić information content (AvgIpc) is 3.15. The van der Waals surface area contributed by atoms with Crippen LogP contribution in [0.3, 0.4) is 0 Å². The molecule has 1 aromatic heterocycles. The molecule has 0 saturated heterocycles. The number of nitrogens with zero attached hydrogens (tertiary/aromatic N) is 1. The van der Waals surface area contributed by atoms with Crippen molar-refractivity contribution in [1.29, 1.82) is 0 Å². The highest BCUT2D eigenvalue weighted by molar-refractivity contribution is 8.01. The Kier molecular flexibility index (Phi) is 9.07. The number of carbonyl (C=O) groups is 4. The maximum Gasteiger partial charge on any atom is 0.340 e. The average molecular weight is 449 g/mol. The van der Waals surface area contributed by atoms with E-state index in [1.807, 2.05) is 0 Å². The van der Waals surface area contributed by atoms with Gasteiger partial charge >= 0.3 is 11.9 Å². The lowest BCUT2D eigenvalue weighted by Gasteiger charge is -2.11. The highest BCUT2D eigenvalue weighted by Crippen LogP contribution is 2.17. The Balaban J connectivity index is 1.75. The van der Waals surface area contributed by atoms with E-state index >= 15 is 0 Å². The largest absolute Gasteiger partial charge is 0.462 e. The molecule has 0 radical (unpaired) electrons. The molecular weight excluding hydrogens is 426 g/mol. The smallest absolute Gasteiger partial charge is 0.340 e. The van der Waals surface area contributed by atoms with Crippen molar-refractivity contribution in [3.63, 3.8) is 0 Å². The molecule has 1 heterocycles.